The maximum absolute atomic E-state index is 12.8. The van der Waals surface area contributed by atoms with E-state index in [4.69, 9.17) is 0 Å². The van der Waals surface area contributed by atoms with Gasteiger partial charge in [0.1, 0.15) is 5.82 Å². The Kier molecular flexibility index (Phi) is 2.97. The molecule has 0 spiro atoms. The highest BCUT2D eigenvalue weighted by Crippen LogP contribution is 2.12. The van der Waals surface area contributed by atoms with Crippen molar-refractivity contribution in [1.82, 2.24) is 5.32 Å². The van der Waals surface area contributed by atoms with Crippen molar-refractivity contribution in [3.63, 3.8) is 0 Å². The summed E-state index contributed by atoms with van der Waals surface area (Å²) in [4.78, 5) is 11.6. The van der Waals surface area contributed by atoms with Gasteiger partial charge in [0.2, 0.25) is 5.91 Å². The largest absolute Gasteiger partial charge is 0.325 e. The van der Waals surface area contributed by atoms with E-state index in [-0.39, 0.29) is 17.8 Å². The molecule has 1 atom stereocenters. The van der Waals surface area contributed by atoms with Crippen LogP contribution in [0, 0.1) is 5.82 Å². The van der Waals surface area contributed by atoms with Gasteiger partial charge in [-0.25, -0.2) is 4.39 Å². The topological polar surface area (TPSA) is 41.1 Å². The Labute approximate surface area is 87.7 Å². The van der Waals surface area contributed by atoms with Gasteiger partial charge in [0.25, 0.3) is 0 Å². The van der Waals surface area contributed by atoms with Crippen molar-refractivity contribution in [3.8, 4) is 0 Å². The first-order valence-corrected chi connectivity index (χ1v) is 5.05. The van der Waals surface area contributed by atoms with Gasteiger partial charge in [-0.05, 0) is 37.6 Å². The van der Waals surface area contributed by atoms with E-state index < -0.39 is 0 Å². The van der Waals surface area contributed by atoms with Gasteiger partial charge < -0.3 is 10.6 Å². The Bertz CT molecular complexity index is 361. The van der Waals surface area contributed by atoms with Crippen LogP contribution in [0.25, 0.3) is 0 Å². The van der Waals surface area contributed by atoms with Crippen LogP contribution in [0.3, 0.4) is 0 Å². The van der Waals surface area contributed by atoms with Gasteiger partial charge in [-0.2, -0.15) is 0 Å². The minimum atomic E-state index is -0.341. The second-order valence-electron chi connectivity index (χ2n) is 3.65. The molecule has 1 fully saturated rings. The first kappa shape index (κ1) is 10.1. The summed E-state index contributed by atoms with van der Waals surface area (Å²) in [6.45, 7) is 0.876. The predicted molar refractivity (Wildman–Crippen MR) is 56.1 cm³/mol. The van der Waals surface area contributed by atoms with Gasteiger partial charge in [-0.1, -0.05) is 6.07 Å². The third-order valence-corrected chi connectivity index (χ3v) is 2.47. The van der Waals surface area contributed by atoms with Gasteiger partial charge in [-0.3, -0.25) is 4.79 Å². The van der Waals surface area contributed by atoms with E-state index >= 15 is 0 Å². The molecule has 4 heteroatoms. The van der Waals surface area contributed by atoms with Crippen molar-refractivity contribution in [2.24, 2.45) is 0 Å². The average Bonchev–Trinajstić information content (AvgIpc) is 2.70. The molecule has 0 bridgehead atoms. The number of nitrogens with one attached hydrogen (secondary N) is 2. The van der Waals surface area contributed by atoms with Crippen LogP contribution < -0.4 is 10.6 Å². The highest BCUT2D eigenvalue weighted by Gasteiger charge is 2.21. The van der Waals surface area contributed by atoms with Gasteiger partial charge in [0.05, 0.1) is 6.04 Å². The molecule has 2 rings (SSSR count). The quantitative estimate of drug-likeness (QED) is 0.773. The average molecular weight is 208 g/mol. The molecule has 15 heavy (non-hydrogen) atoms. The zero-order chi connectivity index (χ0) is 10.7. The molecule has 1 saturated heterocycles. The van der Waals surface area contributed by atoms with Crippen molar-refractivity contribution in [2.45, 2.75) is 18.9 Å². The lowest BCUT2D eigenvalue weighted by atomic mass is 10.2. The van der Waals surface area contributed by atoms with Crippen LogP contribution in [0.4, 0.5) is 10.1 Å². The Morgan fingerprint density at radius 3 is 3.07 bits per heavy atom. The van der Waals surface area contributed by atoms with Gasteiger partial charge >= 0.3 is 0 Å². The lowest BCUT2D eigenvalue weighted by Crippen LogP contribution is -2.35. The molecule has 0 aromatic heterocycles. The number of amides is 1. The van der Waals surface area contributed by atoms with Crippen molar-refractivity contribution in [3.05, 3.63) is 30.1 Å². The minimum Gasteiger partial charge on any atom is -0.325 e. The third kappa shape index (κ3) is 2.53. The molecule has 80 valence electrons. The molecule has 0 aliphatic carbocycles. The summed E-state index contributed by atoms with van der Waals surface area (Å²) in [5.74, 6) is -0.426. The maximum Gasteiger partial charge on any atom is 0.241 e. The summed E-state index contributed by atoms with van der Waals surface area (Å²) in [6, 6.07) is 5.78. The number of anilines is 1. The number of carbonyl (C=O) groups is 1. The Hall–Kier alpha value is -1.42. The first-order valence-electron chi connectivity index (χ1n) is 5.05. The number of benzene rings is 1. The van der Waals surface area contributed by atoms with Gasteiger partial charge in [-0.15, -0.1) is 0 Å². The summed E-state index contributed by atoms with van der Waals surface area (Å²) >= 11 is 0. The highest BCUT2D eigenvalue weighted by atomic mass is 19.1. The number of hydrogen-bond acceptors (Lipinski definition) is 2. The molecule has 0 radical (unpaired) electrons. The first-order chi connectivity index (χ1) is 7.25. The Balaban J connectivity index is 1.99. The van der Waals surface area contributed by atoms with Crippen molar-refractivity contribution in [1.29, 1.82) is 0 Å². The molecule has 1 aromatic rings. The molecule has 2 N–H and O–H groups in total. The number of hydrogen-bond donors (Lipinski definition) is 2. The fourth-order valence-electron chi connectivity index (χ4n) is 1.70. The van der Waals surface area contributed by atoms with Gasteiger partial charge in [0.15, 0.2) is 0 Å². The zero-order valence-electron chi connectivity index (χ0n) is 8.29. The van der Waals surface area contributed by atoms with E-state index in [1.54, 1.807) is 12.1 Å². The zero-order valence-corrected chi connectivity index (χ0v) is 8.29. The molecule has 1 heterocycles. The second kappa shape index (κ2) is 4.40. The fraction of sp³-hybridized carbons (Fsp3) is 0.364. The molecule has 0 saturated carbocycles. The number of halogens is 1. The Morgan fingerprint density at radius 1 is 1.53 bits per heavy atom. The van der Waals surface area contributed by atoms with E-state index in [1.165, 1.54) is 12.1 Å². The SMILES string of the molecule is O=C(Nc1cccc(F)c1)[C@@H]1CCCN1. The monoisotopic (exact) mass is 208 g/mol. The molecule has 1 aliphatic heterocycles. The Morgan fingerprint density at radius 2 is 2.40 bits per heavy atom. The maximum atomic E-state index is 12.8. The minimum absolute atomic E-state index is 0.0851. The van der Waals surface area contributed by atoms with Crippen LogP contribution in [-0.2, 0) is 4.79 Å². The van der Waals surface area contributed by atoms with Crippen LogP contribution in [0.1, 0.15) is 12.8 Å². The number of carbonyl (C=O) groups excluding carboxylic acids is 1. The van der Waals surface area contributed by atoms with Gasteiger partial charge in [0, 0.05) is 5.69 Å². The summed E-state index contributed by atoms with van der Waals surface area (Å²) in [7, 11) is 0. The van der Waals surface area contributed by atoms with E-state index in [0.717, 1.165) is 19.4 Å². The lowest BCUT2D eigenvalue weighted by molar-refractivity contribution is -0.117. The van der Waals surface area contributed by atoms with E-state index in [2.05, 4.69) is 10.6 Å². The van der Waals surface area contributed by atoms with Crippen LogP contribution in [0.5, 0.6) is 0 Å². The summed E-state index contributed by atoms with van der Waals surface area (Å²) in [6.07, 6.45) is 1.86. The molecule has 1 aromatic carbocycles. The molecular weight excluding hydrogens is 195 g/mol. The van der Waals surface area contributed by atoms with Crippen molar-refractivity contribution >= 4 is 11.6 Å². The fourth-order valence-corrected chi connectivity index (χ4v) is 1.70. The highest BCUT2D eigenvalue weighted by molar-refractivity contribution is 5.94. The van der Waals surface area contributed by atoms with E-state index in [0.29, 0.717) is 5.69 Å². The van der Waals surface area contributed by atoms with E-state index in [9.17, 15) is 9.18 Å². The standard InChI is InChI=1S/C11H13FN2O/c12-8-3-1-4-9(7-8)14-11(15)10-5-2-6-13-10/h1,3-4,7,10,13H,2,5-6H2,(H,14,15)/t10-/m0/s1. The summed E-state index contributed by atoms with van der Waals surface area (Å²) in [5.41, 5.74) is 0.508. The van der Waals surface area contributed by atoms with Crippen LogP contribution in [0.2, 0.25) is 0 Å². The van der Waals surface area contributed by atoms with Crippen molar-refractivity contribution < 1.29 is 9.18 Å². The normalized spacial score (nSPS) is 20.2. The van der Waals surface area contributed by atoms with Crippen LogP contribution >= 0.6 is 0 Å². The third-order valence-electron chi connectivity index (χ3n) is 2.47. The van der Waals surface area contributed by atoms with E-state index in [1.807, 2.05) is 0 Å². The van der Waals surface area contributed by atoms with Crippen LogP contribution in [-0.4, -0.2) is 18.5 Å². The predicted octanol–water partition coefficient (Wildman–Crippen LogP) is 1.52. The van der Waals surface area contributed by atoms with Crippen LogP contribution in [0.15, 0.2) is 24.3 Å². The second-order valence-corrected chi connectivity index (χ2v) is 3.65. The molecular formula is C11H13FN2O. The summed E-state index contributed by atoms with van der Waals surface area (Å²) < 4.78 is 12.8. The smallest absolute Gasteiger partial charge is 0.241 e. The molecule has 3 nitrogen and oxygen atoms in total. The molecule has 0 unspecified atom stereocenters. The van der Waals surface area contributed by atoms with Crippen molar-refractivity contribution in [2.75, 3.05) is 11.9 Å². The number of rotatable bonds is 2. The molecule has 1 aliphatic rings. The lowest BCUT2D eigenvalue weighted by Gasteiger charge is -2.10. The molecule has 1 amide bonds. The summed E-state index contributed by atoms with van der Waals surface area (Å²) in [5, 5.41) is 5.77.